The second-order valence-corrected chi connectivity index (χ2v) is 6.40. The van der Waals surface area contributed by atoms with Gasteiger partial charge in [-0.1, -0.05) is 56.3 Å². The molecule has 0 saturated carbocycles. The van der Waals surface area contributed by atoms with E-state index in [1.165, 1.54) is 22.3 Å². The Morgan fingerprint density at radius 2 is 1.65 bits per heavy atom. The first kappa shape index (κ1) is 16.2. The van der Waals surface area contributed by atoms with Crippen LogP contribution in [0.1, 0.15) is 43.2 Å². The van der Waals surface area contributed by atoms with Crippen LogP contribution in [-0.2, 0) is 15.9 Å². The molecule has 0 aliphatic carbocycles. The lowest BCUT2D eigenvalue weighted by molar-refractivity contribution is -0.205. The standard InChI is InChI=1S/C21H26O2/c1-4-16-6-8-18(9-7-16)20-11-10-19(12-15(20)3)21-22-13-17(5-2)14-23-21/h6-12,17,21H,4-5,13-14H2,1-3H3. The maximum absolute atomic E-state index is 5.88. The fraction of sp³-hybridized carbons (Fsp3) is 0.429. The van der Waals surface area contributed by atoms with Gasteiger partial charge in [0, 0.05) is 11.5 Å². The Bertz CT molecular complexity index is 637. The molecule has 2 heteroatoms. The van der Waals surface area contributed by atoms with Gasteiger partial charge in [0.2, 0.25) is 0 Å². The predicted octanol–water partition coefficient (Wildman–Crippen LogP) is 5.30. The van der Waals surface area contributed by atoms with Gasteiger partial charge in [0.1, 0.15) is 0 Å². The van der Waals surface area contributed by atoms with Crippen LogP contribution in [0.4, 0.5) is 0 Å². The molecule has 0 bridgehead atoms. The van der Waals surface area contributed by atoms with Crippen molar-refractivity contribution in [2.45, 2.75) is 39.9 Å². The topological polar surface area (TPSA) is 18.5 Å². The van der Waals surface area contributed by atoms with E-state index in [9.17, 15) is 0 Å². The van der Waals surface area contributed by atoms with Gasteiger partial charge in [-0.25, -0.2) is 0 Å². The van der Waals surface area contributed by atoms with Crippen molar-refractivity contribution in [3.8, 4) is 11.1 Å². The molecule has 1 fully saturated rings. The zero-order valence-corrected chi connectivity index (χ0v) is 14.3. The quantitative estimate of drug-likeness (QED) is 0.763. The summed E-state index contributed by atoms with van der Waals surface area (Å²) in [6, 6.07) is 15.3. The lowest BCUT2D eigenvalue weighted by atomic mass is 9.97. The third-order valence-electron chi connectivity index (χ3n) is 4.74. The minimum absolute atomic E-state index is 0.215. The predicted molar refractivity (Wildman–Crippen MR) is 94.4 cm³/mol. The Morgan fingerprint density at radius 1 is 0.957 bits per heavy atom. The largest absolute Gasteiger partial charge is 0.348 e. The molecule has 0 aromatic heterocycles. The van der Waals surface area contributed by atoms with Gasteiger partial charge in [-0.05, 0) is 42.0 Å². The van der Waals surface area contributed by atoms with E-state index in [1.807, 2.05) is 0 Å². The van der Waals surface area contributed by atoms with Gasteiger partial charge < -0.3 is 9.47 Å². The van der Waals surface area contributed by atoms with Crippen molar-refractivity contribution >= 4 is 0 Å². The molecule has 0 amide bonds. The molecule has 23 heavy (non-hydrogen) atoms. The Labute approximate surface area is 139 Å². The summed E-state index contributed by atoms with van der Waals surface area (Å²) < 4.78 is 11.8. The Hall–Kier alpha value is -1.64. The van der Waals surface area contributed by atoms with Crippen molar-refractivity contribution in [1.82, 2.24) is 0 Å². The summed E-state index contributed by atoms with van der Waals surface area (Å²) in [5.41, 5.74) is 6.29. The van der Waals surface area contributed by atoms with Gasteiger partial charge in [-0.3, -0.25) is 0 Å². The van der Waals surface area contributed by atoms with Crippen LogP contribution in [0.5, 0.6) is 0 Å². The van der Waals surface area contributed by atoms with Crippen LogP contribution < -0.4 is 0 Å². The summed E-state index contributed by atoms with van der Waals surface area (Å²) in [7, 11) is 0. The summed E-state index contributed by atoms with van der Waals surface area (Å²) in [4.78, 5) is 0. The van der Waals surface area contributed by atoms with Crippen molar-refractivity contribution in [2.24, 2.45) is 5.92 Å². The number of rotatable bonds is 4. The first-order chi connectivity index (χ1) is 11.2. The molecule has 122 valence electrons. The highest BCUT2D eigenvalue weighted by molar-refractivity contribution is 5.67. The summed E-state index contributed by atoms with van der Waals surface area (Å²) in [5, 5.41) is 0. The van der Waals surface area contributed by atoms with Crippen LogP contribution in [0.15, 0.2) is 42.5 Å². The van der Waals surface area contributed by atoms with E-state index in [2.05, 4.69) is 63.2 Å². The number of ether oxygens (including phenoxy) is 2. The van der Waals surface area contributed by atoms with Gasteiger partial charge in [-0.2, -0.15) is 0 Å². The summed E-state index contributed by atoms with van der Waals surface area (Å²) in [5.74, 6) is 0.531. The van der Waals surface area contributed by atoms with Gasteiger partial charge in [0.05, 0.1) is 13.2 Å². The second kappa shape index (κ2) is 7.29. The lowest BCUT2D eigenvalue weighted by Crippen LogP contribution is -2.26. The Balaban J connectivity index is 1.77. The first-order valence-electron chi connectivity index (χ1n) is 8.64. The highest BCUT2D eigenvalue weighted by Gasteiger charge is 2.22. The zero-order valence-electron chi connectivity index (χ0n) is 14.3. The minimum atomic E-state index is -0.215. The van der Waals surface area contributed by atoms with Crippen molar-refractivity contribution in [2.75, 3.05) is 13.2 Å². The Kier molecular flexibility index (Phi) is 5.14. The highest BCUT2D eigenvalue weighted by Crippen LogP contribution is 2.30. The van der Waals surface area contributed by atoms with Crippen LogP contribution in [-0.4, -0.2) is 13.2 Å². The summed E-state index contributed by atoms with van der Waals surface area (Å²) in [6.45, 7) is 8.11. The van der Waals surface area contributed by atoms with E-state index >= 15 is 0 Å². The molecule has 0 radical (unpaired) electrons. The molecule has 0 spiro atoms. The van der Waals surface area contributed by atoms with Crippen LogP contribution in [0.3, 0.4) is 0 Å². The highest BCUT2D eigenvalue weighted by atomic mass is 16.7. The van der Waals surface area contributed by atoms with Gasteiger partial charge in [-0.15, -0.1) is 0 Å². The molecule has 0 unspecified atom stereocenters. The normalized spacial score (nSPS) is 21.3. The minimum Gasteiger partial charge on any atom is -0.348 e. The average molecular weight is 310 g/mol. The maximum Gasteiger partial charge on any atom is 0.183 e. The Morgan fingerprint density at radius 3 is 2.22 bits per heavy atom. The number of hydrogen-bond donors (Lipinski definition) is 0. The third kappa shape index (κ3) is 3.65. The number of benzene rings is 2. The average Bonchev–Trinajstić information content (AvgIpc) is 2.62. The molecular formula is C21H26O2. The molecule has 0 atom stereocenters. The summed E-state index contributed by atoms with van der Waals surface area (Å²) in [6.07, 6.45) is 1.97. The molecule has 1 saturated heterocycles. The molecule has 1 heterocycles. The molecule has 0 N–H and O–H groups in total. The molecule has 2 aromatic rings. The molecule has 2 nitrogen and oxygen atoms in total. The molecular weight excluding hydrogens is 284 g/mol. The van der Waals surface area contributed by atoms with E-state index in [0.29, 0.717) is 5.92 Å². The van der Waals surface area contributed by atoms with Crippen molar-refractivity contribution in [1.29, 1.82) is 0 Å². The molecule has 3 rings (SSSR count). The lowest BCUT2D eigenvalue weighted by Gasteiger charge is -2.29. The second-order valence-electron chi connectivity index (χ2n) is 6.40. The van der Waals surface area contributed by atoms with E-state index in [-0.39, 0.29) is 6.29 Å². The van der Waals surface area contributed by atoms with Crippen molar-refractivity contribution < 1.29 is 9.47 Å². The van der Waals surface area contributed by atoms with E-state index in [1.54, 1.807) is 0 Å². The van der Waals surface area contributed by atoms with Crippen molar-refractivity contribution in [3.05, 3.63) is 59.2 Å². The van der Waals surface area contributed by atoms with E-state index in [0.717, 1.165) is 31.6 Å². The van der Waals surface area contributed by atoms with Crippen LogP contribution in [0, 0.1) is 12.8 Å². The first-order valence-corrected chi connectivity index (χ1v) is 8.64. The smallest absolute Gasteiger partial charge is 0.183 e. The fourth-order valence-electron chi connectivity index (χ4n) is 3.05. The van der Waals surface area contributed by atoms with Gasteiger partial charge in [0.25, 0.3) is 0 Å². The van der Waals surface area contributed by atoms with Crippen molar-refractivity contribution in [3.63, 3.8) is 0 Å². The van der Waals surface area contributed by atoms with Crippen LogP contribution in [0.25, 0.3) is 11.1 Å². The third-order valence-corrected chi connectivity index (χ3v) is 4.74. The summed E-state index contributed by atoms with van der Waals surface area (Å²) >= 11 is 0. The van der Waals surface area contributed by atoms with E-state index in [4.69, 9.17) is 9.47 Å². The van der Waals surface area contributed by atoms with Crippen LogP contribution >= 0.6 is 0 Å². The molecule has 1 aliphatic rings. The number of hydrogen-bond acceptors (Lipinski definition) is 2. The maximum atomic E-state index is 5.88. The van der Waals surface area contributed by atoms with Gasteiger partial charge >= 0.3 is 0 Å². The fourth-order valence-corrected chi connectivity index (χ4v) is 3.05. The molecule has 1 aliphatic heterocycles. The SMILES string of the molecule is CCc1ccc(-c2ccc(C3OCC(CC)CO3)cc2C)cc1. The van der Waals surface area contributed by atoms with E-state index < -0.39 is 0 Å². The number of aryl methyl sites for hydroxylation is 2. The monoisotopic (exact) mass is 310 g/mol. The van der Waals surface area contributed by atoms with Gasteiger partial charge in [0.15, 0.2) is 6.29 Å². The zero-order chi connectivity index (χ0) is 16.2. The molecule has 2 aromatic carbocycles. The van der Waals surface area contributed by atoms with Crippen LogP contribution in [0.2, 0.25) is 0 Å².